The van der Waals surface area contributed by atoms with Gasteiger partial charge in [0.1, 0.15) is 0 Å². The fraction of sp³-hybridized carbons (Fsp3) is 0.200. The number of hydrogen-bond acceptors (Lipinski definition) is 1. The smallest absolute Gasteiger partial charge is 0.0314 e. The predicted molar refractivity (Wildman–Crippen MR) is 50.2 cm³/mol. The van der Waals surface area contributed by atoms with E-state index in [4.69, 9.17) is 5.73 Å². The molecule has 0 amide bonds. The molecule has 0 saturated heterocycles. The minimum atomic E-state index is 0.803. The summed E-state index contributed by atoms with van der Waals surface area (Å²) >= 11 is 0. The lowest BCUT2D eigenvalue weighted by molar-refractivity contribution is 1.25. The normalized spacial score (nSPS) is 9.55. The molecular weight excluding hydrogens is 134 g/mol. The second kappa shape index (κ2) is 3.24. The lowest BCUT2D eigenvalue weighted by Gasteiger charge is -2.01. The average Bonchev–Trinajstić information content (AvgIpc) is 2.05. The zero-order chi connectivity index (χ0) is 8.27. The van der Waals surface area contributed by atoms with E-state index in [-0.39, 0.29) is 0 Å². The largest absolute Gasteiger partial charge is 0.399 e. The van der Waals surface area contributed by atoms with Crippen LogP contribution in [0.5, 0.6) is 0 Å². The summed E-state index contributed by atoms with van der Waals surface area (Å²) < 4.78 is 0. The van der Waals surface area contributed by atoms with Crippen molar-refractivity contribution in [1.82, 2.24) is 0 Å². The molecular formula is C10H13N. The van der Waals surface area contributed by atoms with E-state index in [1.165, 1.54) is 5.56 Å². The van der Waals surface area contributed by atoms with Crippen LogP contribution in [0, 0.1) is 0 Å². The van der Waals surface area contributed by atoms with Gasteiger partial charge in [-0.15, -0.1) is 0 Å². The van der Waals surface area contributed by atoms with Gasteiger partial charge in [-0.1, -0.05) is 25.6 Å². The Balaban J connectivity index is 2.90. The molecule has 0 atom stereocenters. The summed E-state index contributed by atoms with van der Waals surface area (Å²) in [5, 5.41) is 0. The van der Waals surface area contributed by atoms with Gasteiger partial charge in [-0.2, -0.15) is 0 Å². The Kier molecular flexibility index (Phi) is 2.32. The molecule has 0 heterocycles. The number of hydrogen-bond donors (Lipinski definition) is 1. The molecule has 0 saturated carbocycles. The lowest BCUT2D eigenvalue weighted by Crippen LogP contribution is -1.85. The third-order valence-corrected chi connectivity index (χ3v) is 1.75. The van der Waals surface area contributed by atoms with E-state index < -0.39 is 0 Å². The van der Waals surface area contributed by atoms with E-state index in [0.29, 0.717) is 0 Å². The van der Waals surface area contributed by atoms with E-state index in [1.807, 2.05) is 24.3 Å². The molecule has 1 aromatic rings. The van der Waals surface area contributed by atoms with Crippen molar-refractivity contribution in [2.75, 3.05) is 5.73 Å². The Morgan fingerprint density at radius 3 is 2.36 bits per heavy atom. The van der Waals surface area contributed by atoms with E-state index >= 15 is 0 Å². The molecule has 0 aliphatic carbocycles. The average molecular weight is 147 g/mol. The van der Waals surface area contributed by atoms with Gasteiger partial charge in [-0.25, -0.2) is 0 Å². The maximum absolute atomic E-state index is 5.54. The van der Waals surface area contributed by atoms with Gasteiger partial charge < -0.3 is 5.73 Å². The second-order valence-corrected chi connectivity index (χ2v) is 2.58. The number of nitrogens with two attached hydrogens (primary N) is 1. The maximum Gasteiger partial charge on any atom is 0.0314 e. The minimum absolute atomic E-state index is 0.803. The minimum Gasteiger partial charge on any atom is -0.399 e. The van der Waals surface area contributed by atoms with Crippen LogP contribution in [0.15, 0.2) is 30.8 Å². The van der Waals surface area contributed by atoms with Gasteiger partial charge in [0.05, 0.1) is 0 Å². The molecule has 0 aromatic heterocycles. The van der Waals surface area contributed by atoms with Crippen LogP contribution in [0.3, 0.4) is 0 Å². The van der Waals surface area contributed by atoms with Crippen molar-refractivity contribution in [3.05, 3.63) is 36.4 Å². The van der Waals surface area contributed by atoms with Crippen LogP contribution in [-0.4, -0.2) is 0 Å². The molecule has 0 unspecified atom stereocenters. The van der Waals surface area contributed by atoms with Gasteiger partial charge in [0.25, 0.3) is 0 Å². The highest BCUT2D eigenvalue weighted by Crippen LogP contribution is 2.16. The second-order valence-electron chi connectivity index (χ2n) is 2.58. The highest BCUT2D eigenvalue weighted by molar-refractivity contribution is 5.64. The molecule has 1 nitrogen and oxygen atoms in total. The van der Waals surface area contributed by atoms with Crippen molar-refractivity contribution in [2.24, 2.45) is 0 Å². The number of rotatable bonds is 2. The van der Waals surface area contributed by atoms with Gasteiger partial charge in [0.2, 0.25) is 0 Å². The summed E-state index contributed by atoms with van der Waals surface area (Å²) in [4.78, 5) is 0. The monoisotopic (exact) mass is 147 g/mol. The van der Waals surface area contributed by atoms with Crippen molar-refractivity contribution in [3.8, 4) is 0 Å². The van der Waals surface area contributed by atoms with Crippen LogP contribution in [-0.2, 0) is 0 Å². The van der Waals surface area contributed by atoms with E-state index in [1.54, 1.807) is 0 Å². The SMILES string of the molecule is C=C(CC)c1ccc(N)cc1. The summed E-state index contributed by atoms with van der Waals surface area (Å²) in [6.45, 7) is 6.03. The Hall–Kier alpha value is -1.24. The van der Waals surface area contributed by atoms with Crippen LogP contribution >= 0.6 is 0 Å². The summed E-state index contributed by atoms with van der Waals surface area (Å²) in [5.41, 5.74) is 8.68. The molecule has 2 N–H and O–H groups in total. The fourth-order valence-electron chi connectivity index (χ4n) is 0.923. The molecule has 58 valence electrons. The first-order valence-electron chi connectivity index (χ1n) is 3.77. The zero-order valence-corrected chi connectivity index (χ0v) is 6.80. The van der Waals surface area contributed by atoms with Crippen molar-refractivity contribution in [3.63, 3.8) is 0 Å². The van der Waals surface area contributed by atoms with Crippen LogP contribution in [0.4, 0.5) is 5.69 Å². The Bertz CT molecular complexity index is 246. The topological polar surface area (TPSA) is 26.0 Å². The van der Waals surface area contributed by atoms with E-state index in [0.717, 1.165) is 17.7 Å². The third kappa shape index (κ3) is 1.84. The van der Waals surface area contributed by atoms with E-state index in [9.17, 15) is 0 Å². The Labute approximate surface area is 67.5 Å². The maximum atomic E-state index is 5.54. The molecule has 0 aliphatic rings. The Morgan fingerprint density at radius 2 is 1.91 bits per heavy atom. The molecule has 0 fully saturated rings. The van der Waals surface area contributed by atoms with Crippen molar-refractivity contribution in [2.45, 2.75) is 13.3 Å². The first-order valence-corrected chi connectivity index (χ1v) is 3.77. The van der Waals surface area contributed by atoms with E-state index in [2.05, 4.69) is 13.5 Å². The number of benzene rings is 1. The third-order valence-electron chi connectivity index (χ3n) is 1.75. The first-order chi connectivity index (χ1) is 5.24. The summed E-state index contributed by atoms with van der Waals surface area (Å²) in [5.74, 6) is 0. The van der Waals surface area contributed by atoms with Gasteiger partial charge in [0, 0.05) is 5.69 Å². The Morgan fingerprint density at radius 1 is 1.36 bits per heavy atom. The molecule has 0 bridgehead atoms. The lowest BCUT2D eigenvalue weighted by atomic mass is 10.1. The van der Waals surface area contributed by atoms with Crippen LogP contribution in [0.1, 0.15) is 18.9 Å². The number of anilines is 1. The molecule has 0 aliphatic heterocycles. The summed E-state index contributed by atoms with van der Waals surface area (Å²) in [6, 6.07) is 7.80. The van der Waals surface area contributed by atoms with Crippen molar-refractivity contribution >= 4 is 11.3 Å². The summed E-state index contributed by atoms with van der Waals surface area (Å²) in [6.07, 6.45) is 0.990. The van der Waals surface area contributed by atoms with Gasteiger partial charge >= 0.3 is 0 Å². The highest BCUT2D eigenvalue weighted by atomic mass is 14.5. The number of allylic oxidation sites excluding steroid dienone is 1. The highest BCUT2D eigenvalue weighted by Gasteiger charge is 1.93. The predicted octanol–water partition coefficient (Wildman–Crippen LogP) is 2.69. The first kappa shape index (κ1) is 7.86. The van der Waals surface area contributed by atoms with Gasteiger partial charge in [0.15, 0.2) is 0 Å². The molecule has 0 radical (unpaired) electrons. The number of nitrogen functional groups attached to an aromatic ring is 1. The molecule has 0 spiro atoms. The molecule has 1 rings (SSSR count). The standard InChI is InChI=1S/C10H13N/c1-3-8(2)9-4-6-10(11)7-5-9/h4-7H,2-3,11H2,1H3. The van der Waals surface area contributed by atoms with Gasteiger partial charge in [-0.05, 0) is 29.7 Å². The van der Waals surface area contributed by atoms with Crippen molar-refractivity contribution < 1.29 is 0 Å². The quantitative estimate of drug-likeness (QED) is 0.639. The molecule has 1 aromatic carbocycles. The van der Waals surface area contributed by atoms with Crippen molar-refractivity contribution in [1.29, 1.82) is 0 Å². The summed E-state index contributed by atoms with van der Waals surface area (Å²) in [7, 11) is 0. The molecule has 11 heavy (non-hydrogen) atoms. The van der Waals surface area contributed by atoms with Crippen LogP contribution in [0.25, 0.3) is 5.57 Å². The molecule has 1 heteroatoms. The van der Waals surface area contributed by atoms with Gasteiger partial charge in [-0.3, -0.25) is 0 Å². The fourth-order valence-corrected chi connectivity index (χ4v) is 0.923. The van der Waals surface area contributed by atoms with Crippen LogP contribution in [0.2, 0.25) is 0 Å². The van der Waals surface area contributed by atoms with Crippen LogP contribution < -0.4 is 5.73 Å². The zero-order valence-electron chi connectivity index (χ0n) is 6.80.